The Hall–Kier alpha value is -1.76. The fourth-order valence-corrected chi connectivity index (χ4v) is 5.94. The summed E-state index contributed by atoms with van der Waals surface area (Å²) in [7, 11) is 0.297. The van der Waals surface area contributed by atoms with E-state index in [9.17, 15) is 9.90 Å². The van der Waals surface area contributed by atoms with Crippen molar-refractivity contribution in [3.05, 3.63) is 29.5 Å². The summed E-state index contributed by atoms with van der Waals surface area (Å²) < 4.78 is 3.24. The van der Waals surface area contributed by atoms with Crippen molar-refractivity contribution in [1.29, 1.82) is 0 Å². The molecule has 2 unspecified atom stereocenters. The molecule has 3 aliphatic rings. The van der Waals surface area contributed by atoms with Crippen LogP contribution in [0.5, 0.6) is 0 Å². The van der Waals surface area contributed by atoms with Gasteiger partial charge in [0.2, 0.25) is 0 Å². The Bertz CT molecular complexity index is 939. The van der Waals surface area contributed by atoms with Gasteiger partial charge in [0.15, 0.2) is 0 Å². The third-order valence-corrected chi connectivity index (χ3v) is 7.77. The van der Waals surface area contributed by atoms with Gasteiger partial charge < -0.3 is 24.9 Å². The molecule has 1 saturated carbocycles. The second-order valence-corrected chi connectivity index (χ2v) is 11.8. The minimum absolute atomic E-state index is 0.0844. The van der Waals surface area contributed by atoms with E-state index in [1.165, 1.54) is 12.8 Å². The van der Waals surface area contributed by atoms with E-state index in [0.717, 1.165) is 35.9 Å². The van der Waals surface area contributed by atoms with Crippen LogP contribution >= 0.6 is 20.7 Å². The van der Waals surface area contributed by atoms with Crippen LogP contribution < -0.4 is 15.1 Å². The predicted octanol–water partition coefficient (Wildman–Crippen LogP) is 4.88. The third-order valence-electron chi connectivity index (χ3n) is 6.30. The molecule has 2 aliphatic heterocycles. The summed E-state index contributed by atoms with van der Waals surface area (Å²) in [5, 5.41) is 23.3. The third kappa shape index (κ3) is 6.27. The van der Waals surface area contributed by atoms with Crippen LogP contribution in [0.2, 0.25) is 0 Å². The number of amides is 1. The van der Waals surface area contributed by atoms with E-state index in [-0.39, 0.29) is 29.7 Å². The summed E-state index contributed by atoms with van der Waals surface area (Å²) >= 11 is 1.55. The van der Waals surface area contributed by atoms with Gasteiger partial charge in [0.1, 0.15) is 17.2 Å². The van der Waals surface area contributed by atoms with Crippen molar-refractivity contribution in [2.45, 2.75) is 65.8 Å². The molecule has 1 amide bonds. The molecule has 0 aromatic heterocycles. The quantitative estimate of drug-likeness (QED) is 0.325. The zero-order chi connectivity index (χ0) is 24.9. The maximum Gasteiger partial charge on any atom is 0.261 e. The Morgan fingerprint density at radius 3 is 2.59 bits per heavy atom. The van der Waals surface area contributed by atoms with Crippen molar-refractivity contribution in [2.24, 2.45) is 16.3 Å². The number of carbonyl (C=O) groups excluding carboxylic acids is 1. The lowest BCUT2D eigenvalue weighted by Gasteiger charge is -2.32. The van der Waals surface area contributed by atoms with Gasteiger partial charge in [-0.3, -0.25) is 4.79 Å². The number of anilines is 1. The van der Waals surface area contributed by atoms with Gasteiger partial charge in [-0.25, -0.2) is 4.99 Å². The van der Waals surface area contributed by atoms with Gasteiger partial charge >= 0.3 is 0 Å². The van der Waals surface area contributed by atoms with Crippen molar-refractivity contribution in [3.63, 3.8) is 0 Å². The Kier molecular flexibility index (Phi) is 9.30. The molecular formula is C25H39N4O3PS. The first-order valence-electron chi connectivity index (χ1n) is 12.1. The SMILES string of the molecule is CCO.CSNc1ccc2c(c1)PNC(C1=C(O)C(C3CCCC3)N(CCC(C)(C)C)C1=O)=N2. The second kappa shape index (κ2) is 11.8. The maximum atomic E-state index is 13.5. The highest BCUT2D eigenvalue weighted by Crippen LogP contribution is 2.40. The van der Waals surface area contributed by atoms with Gasteiger partial charge in [-0.05, 0) is 55.7 Å². The van der Waals surface area contributed by atoms with Crippen LogP contribution in [0.4, 0.5) is 11.4 Å². The summed E-state index contributed by atoms with van der Waals surface area (Å²) in [6.07, 6.45) is 7.37. The van der Waals surface area contributed by atoms with Crippen molar-refractivity contribution in [1.82, 2.24) is 9.99 Å². The summed E-state index contributed by atoms with van der Waals surface area (Å²) in [4.78, 5) is 20.2. The van der Waals surface area contributed by atoms with Gasteiger partial charge in [-0.2, -0.15) is 0 Å². The molecule has 1 aromatic carbocycles. The van der Waals surface area contributed by atoms with Gasteiger partial charge in [0.05, 0.1) is 11.7 Å². The predicted molar refractivity (Wildman–Crippen MR) is 146 cm³/mol. The molecule has 1 aliphatic carbocycles. The molecule has 4 rings (SSSR count). The molecule has 7 nitrogen and oxygen atoms in total. The largest absolute Gasteiger partial charge is 0.509 e. The number of aliphatic hydroxyl groups excluding tert-OH is 2. The molecule has 34 heavy (non-hydrogen) atoms. The molecule has 1 aromatic rings. The minimum atomic E-state index is -0.213. The van der Waals surface area contributed by atoms with Gasteiger partial charge in [0.25, 0.3) is 5.91 Å². The normalized spacial score (nSPS) is 21.2. The number of nitrogens with zero attached hydrogens (tertiary/aromatic N) is 2. The number of aliphatic hydroxyl groups is 2. The average molecular weight is 507 g/mol. The molecule has 188 valence electrons. The van der Waals surface area contributed by atoms with Crippen LogP contribution in [0.3, 0.4) is 0 Å². The van der Waals surface area contributed by atoms with Crippen molar-refractivity contribution >= 4 is 49.1 Å². The molecule has 4 N–H and O–H groups in total. The van der Waals surface area contributed by atoms with E-state index in [1.54, 1.807) is 18.9 Å². The molecule has 0 spiro atoms. The highest BCUT2D eigenvalue weighted by molar-refractivity contribution is 7.99. The van der Waals surface area contributed by atoms with E-state index in [4.69, 9.17) is 10.1 Å². The van der Waals surface area contributed by atoms with Gasteiger partial charge in [0, 0.05) is 39.1 Å². The first-order valence-corrected chi connectivity index (χ1v) is 14.3. The van der Waals surface area contributed by atoms with Gasteiger partial charge in [-0.15, -0.1) is 0 Å². The number of nitrogens with one attached hydrogen (secondary N) is 2. The smallest absolute Gasteiger partial charge is 0.261 e. The van der Waals surface area contributed by atoms with Crippen LogP contribution in [-0.2, 0) is 4.79 Å². The first kappa shape index (κ1) is 26.8. The Morgan fingerprint density at radius 1 is 1.29 bits per heavy atom. The number of aliphatic imine (C=N–C) groups is 1. The molecule has 1 fully saturated rings. The number of amidine groups is 1. The van der Waals surface area contributed by atoms with Gasteiger partial charge in [-0.1, -0.05) is 45.6 Å². The topological polar surface area (TPSA) is 97.2 Å². The maximum absolute atomic E-state index is 13.5. The van der Waals surface area contributed by atoms with E-state index < -0.39 is 0 Å². The number of rotatable bonds is 6. The lowest BCUT2D eigenvalue weighted by atomic mass is 9.91. The molecule has 0 saturated heterocycles. The fourth-order valence-electron chi connectivity index (χ4n) is 4.65. The molecule has 0 radical (unpaired) electrons. The lowest BCUT2D eigenvalue weighted by molar-refractivity contribution is -0.127. The zero-order valence-electron chi connectivity index (χ0n) is 20.9. The van der Waals surface area contributed by atoms with Crippen LogP contribution in [0.15, 0.2) is 34.5 Å². The minimum Gasteiger partial charge on any atom is -0.509 e. The van der Waals surface area contributed by atoms with Crippen molar-refractivity contribution in [3.8, 4) is 0 Å². The monoisotopic (exact) mass is 506 g/mol. The summed E-state index contributed by atoms with van der Waals surface area (Å²) in [6.45, 7) is 9.17. The number of benzene rings is 1. The zero-order valence-corrected chi connectivity index (χ0v) is 22.8. The number of hydrogen-bond donors (Lipinski definition) is 4. The Labute approximate surface area is 209 Å². The number of carbonyl (C=O) groups is 1. The van der Waals surface area contributed by atoms with Crippen molar-refractivity contribution < 1.29 is 15.0 Å². The van der Waals surface area contributed by atoms with Crippen LogP contribution in [0, 0.1) is 11.3 Å². The van der Waals surface area contributed by atoms with E-state index in [1.807, 2.05) is 23.3 Å². The molecular weight excluding hydrogens is 467 g/mol. The van der Waals surface area contributed by atoms with Crippen molar-refractivity contribution in [2.75, 3.05) is 24.1 Å². The first-order chi connectivity index (χ1) is 16.2. The summed E-state index contributed by atoms with van der Waals surface area (Å²) in [5.41, 5.74) is 2.39. The Morgan fingerprint density at radius 2 is 1.97 bits per heavy atom. The highest BCUT2D eigenvalue weighted by Gasteiger charge is 2.46. The standard InChI is InChI=1S/C23H33N4O2PS.C2H6O/c1-23(2,3)11-12-27-19(14-7-5-6-8-14)20(28)18(22(27)29)21-24-16-10-9-15(26-31-4)13-17(16)30-25-21;1-2-3/h9-10,13-14,19,26,28,30H,5-8,11-12H2,1-4H3,(H,24,25);3H,2H2,1H3. The van der Waals surface area contributed by atoms with E-state index in [0.29, 0.717) is 32.6 Å². The molecule has 2 atom stereocenters. The molecule has 9 heteroatoms. The fraction of sp³-hybridized carbons (Fsp3) is 0.600. The number of fused-ring (bicyclic) bond motifs is 1. The van der Waals surface area contributed by atoms with Crippen LogP contribution in [-0.4, -0.2) is 52.3 Å². The number of hydrogen-bond acceptors (Lipinski definition) is 7. The lowest BCUT2D eigenvalue weighted by Crippen LogP contribution is -2.42. The van der Waals surface area contributed by atoms with E-state index >= 15 is 0 Å². The molecule has 2 heterocycles. The summed E-state index contributed by atoms with van der Waals surface area (Å²) in [6, 6.07) is 5.84. The second-order valence-electron chi connectivity index (χ2n) is 10.1. The summed E-state index contributed by atoms with van der Waals surface area (Å²) in [5.74, 6) is 0.977. The highest BCUT2D eigenvalue weighted by atomic mass is 32.2. The molecule has 0 bridgehead atoms. The van der Waals surface area contributed by atoms with Crippen LogP contribution in [0.1, 0.15) is 59.8 Å². The van der Waals surface area contributed by atoms with E-state index in [2.05, 4.69) is 36.6 Å². The van der Waals surface area contributed by atoms with Crippen LogP contribution in [0.25, 0.3) is 0 Å². The average Bonchev–Trinajstić information content (AvgIpc) is 3.38. The Balaban J connectivity index is 0.00000103.